The first-order valence-electron chi connectivity index (χ1n) is 8.54. The van der Waals surface area contributed by atoms with Gasteiger partial charge in [-0.2, -0.15) is 5.26 Å². The number of hydrogen-bond acceptors (Lipinski definition) is 6. The average Bonchev–Trinajstić information content (AvgIpc) is 3.43. The Labute approximate surface area is 166 Å². The molecule has 0 bridgehead atoms. The highest BCUT2D eigenvalue weighted by Crippen LogP contribution is 2.20. The van der Waals surface area contributed by atoms with Crippen molar-refractivity contribution in [3.8, 4) is 6.07 Å². The second kappa shape index (κ2) is 8.55. The van der Waals surface area contributed by atoms with Gasteiger partial charge in [0.05, 0.1) is 12.8 Å². The van der Waals surface area contributed by atoms with Gasteiger partial charge >= 0.3 is 5.97 Å². The molecule has 3 heterocycles. The molecule has 0 aliphatic carbocycles. The Bertz CT molecular complexity index is 1050. The number of nitrogens with zero attached hydrogens (tertiary/aromatic N) is 2. The van der Waals surface area contributed by atoms with Gasteiger partial charge in [0.1, 0.15) is 17.4 Å². The summed E-state index contributed by atoms with van der Waals surface area (Å²) < 4.78 is 12.2. The Morgan fingerprint density at radius 2 is 2.14 bits per heavy atom. The number of carbonyl (C=O) groups excluding carboxylic acids is 2. The first-order valence-corrected chi connectivity index (χ1v) is 9.42. The smallest absolute Gasteiger partial charge is 0.349 e. The Hall–Kier alpha value is -3.37. The minimum Gasteiger partial charge on any atom is -0.465 e. The number of carbonyl (C=O) groups is 2. The van der Waals surface area contributed by atoms with Crippen LogP contribution in [0.1, 0.15) is 32.4 Å². The lowest BCUT2D eigenvalue weighted by Crippen LogP contribution is -2.16. The van der Waals surface area contributed by atoms with Crippen LogP contribution in [0.15, 0.2) is 52.0 Å². The number of esters is 1. The highest BCUT2D eigenvalue weighted by atomic mass is 32.1. The van der Waals surface area contributed by atoms with Gasteiger partial charge in [-0.25, -0.2) is 4.79 Å². The summed E-state index contributed by atoms with van der Waals surface area (Å²) in [4.78, 5) is 25.8. The minimum atomic E-state index is -0.861. The van der Waals surface area contributed by atoms with Crippen LogP contribution in [0.3, 0.4) is 0 Å². The number of ether oxygens (including phenoxy) is 1. The van der Waals surface area contributed by atoms with E-state index >= 15 is 0 Å². The number of hydrogen-bond donors (Lipinski definition) is 0. The Kier molecular flexibility index (Phi) is 5.92. The van der Waals surface area contributed by atoms with Crippen molar-refractivity contribution in [3.63, 3.8) is 0 Å². The molecule has 3 rings (SSSR count). The van der Waals surface area contributed by atoms with E-state index in [1.807, 2.05) is 31.4 Å². The molecule has 3 aromatic rings. The maximum atomic E-state index is 12.6. The van der Waals surface area contributed by atoms with Gasteiger partial charge in [0.15, 0.2) is 6.61 Å². The van der Waals surface area contributed by atoms with E-state index in [4.69, 9.17) is 14.4 Å². The number of aromatic nitrogens is 1. The molecular weight excluding hydrogens is 376 g/mol. The van der Waals surface area contributed by atoms with Gasteiger partial charge in [0.25, 0.3) is 0 Å². The zero-order valence-corrected chi connectivity index (χ0v) is 16.3. The number of rotatable bonds is 7. The molecule has 0 aliphatic rings. The van der Waals surface area contributed by atoms with Crippen LogP contribution in [0, 0.1) is 25.2 Å². The second-order valence-corrected chi connectivity index (χ2v) is 7.17. The molecule has 0 amide bonds. The van der Waals surface area contributed by atoms with E-state index in [-0.39, 0.29) is 11.4 Å². The van der Waals surface area contributed by atoms with E-state index in [0.717, 1.165) is 11.4 Å². The third-order valence-corrected chi connectivity index (χ3v) is 5.13. The molecule has 3 aromatic heterocycles. The number of nitriles is 1. The van der Waals surface area contributed by atoms with E-state index in [9.17, 15) is 9.59 Å². The normalized spacial score (nSPS) is 11.2. The van der Waals surface area contributed by atoms with Crippen LogP contribution in [0.25, 0.3) is 6.08 Å². The van der Waals surface area contributed by atoms with Crippen LogP contribution in [0.4, 0.5) is 0 Å². The van der Waals surface area contributed by atoms with Gasteiger partial charge in [-0.3, -0.25) is 4.79 Å². The number of furan rings is 1. The molecule has 142 valence electrons. The standard InChI is InChI=1S/C21H18N2O4S/c1-14-9-19(15(2)23(14)12-18-6-4-8-28-18)20(24)13-27-21(25)16(11-22)10-17-5-3-7-26-17/h3-10H,12-13H2,1-2H3/b16-10+. The molecular formula is C21H18N2O4S. The fraction of sp³-hybridized carbons (Fsp3) is 0.190. The third-order valence-electron chi connectivity index (χ3n) is 4.27. The number of ketones is 1. The molecule has 0 N–H and O–H groups in total. The maximum absolute atomic E-state index is 12.6. The van der Waals surface area contributed by atoms with Crippen LogP contribution in [0.2, 0.25) is 0 Å². The molecule has 0 fully saturated rings. The summed E-state index contributed by atoms with van der Waals surface area (Å²) in [7, 11) is 0. The molecule has 0 atom stereocenters. The molecule has 0 unspecified atom stereocenters. The van der Waals surface area contributed by atoms with Crippen molar-refractivity contribution in [1.82, 2.24) is 4.57 Å². The van der Waals surface area contributed by atoms with Crippen LogP contribution in [0.5, 0.6) is 0 Å². The van der Waals surface area contributed by atoms with Crippen molar-refractivity contribution in [2.45, 2.75) is 20.4 Å². The molecule has 6 nitrogen and oxygen atoms in total. The molecule has 0 aliphatic heterocycles. The van der Waals surface area contributed by atoms with E-state index in [1.54, 1.807) is 35.6 Å². The van der Waals surface area contributed by atoms with Crippen LogP contribution in [-0.2, 0) is 16.1 Å². The van der Waals surface area contributed by atoms with Gasteiger partial charge < -0.3 is 13.7 Å². The van der Waals surface area contributed by atoms with E-state index < -0.39 is 12.6 Å². The fourth-order valence-corrected chi connectivity index (χ4v) is 3.52. The zero-order chi connectivity index (χ0) is 20.1. The number of Topliss-reactive ketones (excluding diaryl/α,β-unsaturated/α-hetero) is 1. The quantitative estimate of drug-likeness (QED) is 0.260. The van der Waals surface area contributed by atoms with E-state index in [2.05, 4.69) is 4.57 Å². The van der Waals surface area contributed by atoms with Crippen LogP contribution >= 0.6 is 11.3 Å². The monoisotopic (exact) mass is 394 g/mol. The van der Waals surface area contributed by atoms with Crippen molar-refractivity contribution >= 4 is 29.2 Å². The van der Waals surface area contributed by atoms with Gasteiger partial charge in [0, 0.05) is 27.9 Å². The van der Waals surface area contributed by atoms with Crippen molar-refractivity contribution in [3.05, 3.63) is 75.1 Å². The molecule has 0 saturated heterocycles. The highest BCUT2D eigenvalue weighted by Gasteiger charge is 2.19. The summed E-state index contributed by atoms with van der Waals surface area (Å²) in [5.74, 6) is -0.814. The molecule has 28 heavy (non-hydrogen) atoms. The lowest BCUT2D eigenvalue weighted by atomic mass is 10.1. The van der Waals surface area contributed by atoms with Gasteiger partial charge in [0.2, 0.25) is 5.78 Å². The van der Waals surface area contributed by atoms with Crippen molar-refractivity contribution in [1.29, 1.82) is 5.26 Å². The summed E-state index contributed by atoms with van der Waals surface area (Å²) in [5.41, 5.74) is 2.05. The largest absolute Gasteiger partial charge is 0.465 e. The van der Waals surface area contributed by atoms with Crippen LogP contribution in [-0.4, -0.2) is 22.9 Å². The average molecular weight is 394 g/mol. The SMILES string of the molecule is Cc1cc(C(=O)COC(=O)/C(C#N)=C/c2ccco2)c(C)n1Cc1cccs1. The molecule has 7 heteroatoms. The lowest BCUT2D eigenvalue weighted by molar-refractivity contribution is -0.137. The summed E-state index contributed by atoms with van der Waals surface area (Å²) in [6.07, 6.45) is 2.71. The summed E-state index contributed by atoms with van der Waals surface area (Å²) >= 11 is 1.65. The zero-order valence-electron chi connectivity index (χ0n) is 15.5. The topological polar surface area (TPSA) is 85.2 Å². The Balaban J connectivity index is 1.68. The first kappa shape index (κ1) is 19.4. The maximum Gasteiger partial charge on any atom is 0.349 e. The van der Waals surface area contributed by atoms with Crippen molar-refractivity contribution in [2.24, 2.45) is 0 Å². The van der Waals surface area contributed by atoms with Gasteiger partial charge in [-0.15, -0.1) is 11.3 Å². The Morgan fingerprint density at radius 3 is 2.79 bits per heavy atom. The van der Waals surface area contributed by atoms with Crippen LogP contribution < -0.4 is 0 Å². The van der Waals surface area contributed by atoms with Crippen molar-refractivity contribution in [2.75, 3.05) is 6.61 Å². The number of thiophene rings is 1. The van der Waals surface area contributed by atoms with E-state index in [0.29, 0.717) is 17.9 Å². The first-order chi connectivity index (χ1) is 13.5. The van der Waals surface area contributed by atoms with E-state index in [1.165, 1.54) is 17.2 Å². The van der Waals surface area contributed by atoms with Crippen molar-refractivity contribution < 1.29 is 18.7 Å². The predicted molar refractivity (Wildman–Crippen MR) is 105 cm³/mol. The fourth-order valence-electron chi connectivity index (χ4n) is 2.82. The van der Waals surface area contributed by atoms with Gasteiger partial charge in [-0.1, -0.05) is 6.07 Å². The lowest BCUT2D eigenvalue weighted by Gasteiger charge is -2.08. The predicted octanol–water partition coefficient (Wildman–Crippen LogP) is 4.14. The Morgan fingerprint density at radius 1 is 1.32 bits per heavy atom. The molecule has 0 saturated carbocycles. The number of aryl methyl sites for hydroxylation is 1. The minimum absolute atomic E-state index is 0.231. The summed E-state index contributed by atoms with van der Waals surface area (Å²) in [5, 5.41) is 11.1. The van der Waals surface area contributed by atoms with Gasteiger partial charge in [-0.05, 0) is 43.5 Å². The molecule has 0 spiro atoms. The summed E-state index contributed by atoms with van der Waals surface area (Å²) in [6, 6.07) is 10.8. The summed E-state index contributed by atoms with van der Waals surface area (Å²) in [6.45, 7) is 4.06. The third kappa shape index (κ3) is 4.30. The molecule has 0 aromatic carbocycles. The second-order valence-electron chi connectivity index (χ2n) is 6.13. The molecule has 0 radical (unpaired) electrons. The highest BCUT2D eigenvalue weighted by molar-refractivity contribution is 7.09.